The van der Waals surface area contributed by atoms with Crippen LogP contribution < -0.4 is 5.32 Å². The summed E-state index contributed by atoms with van der Waals surface area (Å²) in [6.45, 7) is 2.42. The minimum absolute atomic E-state index is 0.124. The summed E-state index contributed by atoms with van der Waals surface area (Å²) >= 11 is 0. The monoisotopic (exact) mass is 296 g/mol. The molecule has 2 aliphatic carbocycles. The third-order valence-corrected chi connectivity index (χ3v) is 5.46. The maximum atomic E-state index is 12.2. The number of carboxylic acids is 1. The van der Waals surface area contributed by atoms with Crippen molar-refractivity contribution < 1.29 is 14.7 Å². The lowest BCUT2D eigenvalue weighted by Gasteiger charge is -2.36. The molecule has 2 rings (SSSR count). The van der Waals surface area contributed by atoms with Gasteiger partial charge in [0.15, 0.2) is 0 Å². The smallest absolute Gasteiger partial charge is 0.317 e. The van der Waals surface area contributed by atoms with E-state index in [2.05, 4.69) is 12.2 Å². The predicted octanol–water partition coefficient (Wildman–Crippen LogP) is 2.85. The van der Waals surface area contributed by atoms with Crippen LogP contribution in [0.2, 0.25) is 0 Å². The summed E-state index contributed by atoms with van der Waals surface area (Å²) < 4.78 is 0. The van der Waals surface area contributed by atoms with Crippen LogP contribution >= 0.6 is 0 Å². The van der Waals surface area contributed by atoms with Gasteiger partial charge in [0.25, 0.3) is 0 Å². The van der Waals surface area contributed by atoms with Crippen molar-refractivity contribution in [2.24, 2.45) is 11.3 Å². The molecule has 0 aliphatic heterocycles. The Kier molecular flexibility index (Phi) is 5.12. The number of nitrogens with one attached hydrogen (secondary N) is 1. The Hall–Kier alpha value is -1.26. The average Bonchev–Trinajstić information content (AvgIpc) is 2.99. The number of hydrogen-bond acceptors (Lipinski definition) is 2. The van der Waals surface area contributed by atoms with Crippen LogP contribution in [0.3, 0.4) is 0 Å². The van der Waals surface area contributed by atoms with Crippen molar-refractivity contribution in [3.8, 4) is 0 Å². The highest BCUT2D eigenvalue weighted by Gasteiger charge is 2.41. The molecule has 0 heterocycles. The number of hydrogen-bond donors (Lipinski definition) is 2. The SMILES string of the molecule is CC1CCC(CNC(=O)N(C)C2CCCC2)(C(=O)O)CC1. The van der Waals surface area contributed by atoms with Crippen LogP contribution in [0.5, 0.6) is 0 Å². The number of rotatable bonds is 4. The van der Waals surface area contributed by atoms with Crippen LogP contribution in [0.15, 0.2) is 0 Å². The van der Waals surface area contributed by atoms with Crippen molar-refractivity contribution in [2.45, 2.75) is 64.3 Å². The predicted molar refractivity (Wildman–Crippen MR) is 81.1 cm³/mol. The van der Waals surface area contributed by atoms with Gasteiger partial charge in [-0.1, -0.05) is 19.8 Å². The van der Waals surface area contributed by atoms with E-state index in [4.69, 9.17) is 0 Å². The summed E-state index contributed by atoms with van der Waals surface area (Å²) in [4.78, 5) is 25.6. The molecule has 0 aromatic heterocycles. The molecule has 0 aromatic carbocycles. The van der Waals surface area contributed by atoms with Gasteiger partial charge in [0.2, 0.25) is 0 Å². The fraction of sp³-hybridized carbons (Fsp3) is 0.875. The van der Waals surface area contributed by atoms with Crippen molar-refractivity contribution in [1.82, 2.24) is 10.2 Å². The van der Waals surface area contributed by atoms with E-state index in [0.717, 1.165) is 25.7 Å². The number of carbonyl (C=O) groups excluding carboxylic acids is 1. The van der Waals surface area contributed by atoms with Crippen LogP contribution in [0.25, 0.3) is 0 Å². The Morgan fingerprint density at radius 1 is 1.19 bits per heavy atom. The number of urea groups is 1. The third-order valence-electron chi connectivity index (χ3n) is 5.46. The van der Waals surface area contributed by atoms with E-state index in [0.29, 0.717) is 24.8 Å². The van der Waals surface area contributed by atoms with Gasteiger partial charge in [0, 0.05) is 19.6 Å². The zero-order valence-corrected chi connectivity index (χ0v) is 13.2. The zero-order chi connectivity index (χ0) is 15.5. The van der Waals surface area contributed by atoms with Crippen LogP contribution in [0.1, 0.15) is 58.3 Å². The lowest BCUT2D eigenvalue weighted by atomic mass is 9.71. The summed E-state index contributed by atoms with van der Waals surface area (Å²) in [7, 11) is 1.82. The van der Waals surface area contributed by atoms with E-state index in [1.165, 1.54) is 12.8 Å². The number of aliphatic carboxylic acids is 1. The summed E-state index contributed by atoms with van der Waals surface area (Å²) in [5.41, 5.74) is -0.765. The Morgan fingerprint density at radius 3 is 2.29 bits per heavy atom. The average molecular weight is 296 g/mol. The molecular formula is C16H28N2O3. The Morgan fingerprint density at radius 2 is 1.76 bits per heavy atom. The van der Waals surface area contributed by atoms with E-state index < -0.39 is 11.4 Å². The minimum Gasteiger partial charge on any atom is -0.481 e. The zero-order valence-electron chi connectivity index (χ0n) is 13.2. The minimum atomic E-state index is -0.766. The molecule has 2 aliphatic rings. The number of carbonyl (C=O) groups is 2. The number of amides is 2. The van der Waals surface area contributed by atoms with Gasteiger partial charge in [-0.15, -0.1) is 0 Å². The lowest BCUT2D eigenvalue weighted by molar-refractivity contribution is -0.151. The molecule has 0 saturated heterocycles. The second-order valence-corrected chi connectivity index (χ2v) is 6.98. The summed E-state index contributed by atoms with van der Waals surface area (Å²) in [5, 5.41) is 12.4. The molecule has 2 N–H and O–H groups in total. The van der Waals surface area contributed by atoms with Crippen molar-refractivity contribution in [2.75, 3.05) is 13.6 Å². The summed E-state index contributed by atoms with van der Waals surface area (Å²) in [6.07, 6.45) is 7.67. The van der Waals surface area contributed by atoms with Crippen molar-refractivity contribution in [3.05, 3.63) is 0 Å². The topological polar surface area (TPSA) is 69.6 Å². The molecule has 21 heavy (non-hydrogen) atoms. The Balaban J connectivity index is 1.89. The van der Waals surface area contributed by atoms with Gasteiger partial charge >= 0.3 is 12.0 Å². The van der Waals surface area contributed by atoms with E-state index in [-0.39, 0.29) is 12.6 Å². The quantitative estimate of drug-likeness (QED) is 0.838. The van der Waals surface area contributed by atoms with Gasteiger partial charge in [-0.25, -0.2) is 4.79 Å². The molecule has 2 fully saturated rings. The van der Waals surface area contributed by atoms with Gasteiger partial charge < -0.3 is 15.3 Å². The maximum absolute atomic E-state index is 12.2. The van der Waals surface area contributed by atoms with E-state index >= 15 is 0 Å². The van der Waals surface area contributed by atoms with Crippen LogP contribution in [0, 0.1) is 11.3 Å². The van der Waals surface area contributed by atoms with Gasteiger partial charge in [-0.2, -0.15) is 0 Å². The molecule has 2 saturated carbocycles. The molecule has 5 heteroatoms. The first-order valence-electron chi connectivity index (χ1n) is 8.19. The molecule has 2 amide bonds. The standard InChI is InChI=1S/C16H28N2O3/c1-12-7-9-16(10-8-12,14(19)20)11-17-15(21)18(2)13-5-3-4-6-13/h12-13H,3-11H2,1-2H3,(H,17,21)(H,19,20). The summed E-state index contributed by atoms with van der Waals surface area (Å²) in [6, 6.07) is 0.193. The molecular weight excluding hydrogens is 268 g/mol. The third kappa shape index (κ3) is 3.69. The molecule has 120 valence electrons. The highest BCUT2D eigenvalue weighted by atomic mass is 16.4. The molecule has 0 spiro atoms. The Bertz CT molecular complexity index is 383. The molecule has 0 bridgehead atoms. The maximum Gasteiger partial charge on any atom is 0.317 e. The lowest BCUT2D eigenvalue weighted by Crippen LogP contribution is -2.49. The molecule has 0 unspecified atom stereocenters. The number of carboxylic acid groups (broad SMARTS) is 1. The Labute approximate surface area is 127 Å². The second kappa shape index (κ2) is 6.67. The normalized spacial score (nSPS) is 30.1. The van der Waals surface area contributed by atoms with Crippen molar-refractivity contribution in [1.29, 1.82) is 0 Å². The summed E-state index contributed by atoms with van der Waals surface area (Å²) in [5.74, 6) is -0.174. The highest BCUT2D eigenvalue weighted by Crippen LogP contribution is 2.38. The molecule has 0 atom stereocenters. The fourth-order valence-electron chi connectivity index (χ4n) is 3.61. The van der Waals surface area contributed by atoms with Gasteiger partial charge in [-0.3, -0.25) is 4.79 Å². The molecule has 0 radical (unpaired) electrons. The number of nitrogens with zero attached hydrogens (tertiary/aromatic N) is 1. The largest absolute Gasteiger partial charge is 0.481 e. The van der Waals surface area contributed by atoms with Crippen molar-refractivity contribution in [3.63, 3.8) is 0 Å². The van der Waals surface area contributed by atoms with Crippen LogP contribution in [-0.2, 0) is 4.79 Å². The van der Waals surface area contributed by atoms with E-state index in [1.54, 1.807) is 4.90 Å². The van der Waals surface area contributed by atoms with Crippen LogP contribution in [-0.4, -0.2) is 41.6 Å². The van der Waals surface area contributed by atoms with Crippen LogP contribution in [0.4, 0.5) is 4.79 Å². The van der Waals surface area contributed by atoms with E-state index in [1.807, 2.05) is 7.05 Å². The molecule has 5 nitrogen and oxygen atoms in total. The van der Waals surface area contributed by atoms with Gasteiger partial charge in [-0.05, 0) is 44.4 Å². The van der Waals surface area contributed by atoms with Gasteiger partial charge in [0.05, 0.1) is 5.41 Å². The van der Waals surface area contributed by atoms with Gasteiger partial charge in [0.1, 0.15) is 0 Å². The first kappa shape index (κ1) is 16.1. The molecule has 0 aromatic rings. The van der Waals surface area contributed by atoms with Crippen molar-refractivity contribution >= 4 is 12.0 Å². The highest BCUT2D eigenvalue weighted by molar-refractivity contribution is 5.78. The fourth-order valence-corrected chi connectivity index (χ4v) is 3.61. The first-order valence-corrected chi connectivity index (χ1v) is 8.19. The second-order valence-electron chi connectivity index (χ2n) is 6.98. The van der Waals surface area contributed by atoms with E-state index in [9.17, 15) is 14.7 Å². The first-order chi connectivity index (χ1) is 9.94.